The minimum Gasteiger partial charge on any atom is -0.339 e. The Hall–Kier alpha value is 0.420. The second-order valence-corrected chi connectivity index (χ2v) is 6.53. The first-order chi connectivity index (χ1) is 7.27. The fourth-order valence-electron chi connectivity index (χ4n) is 1.97. The van der Waals surface area contributed by atoms with Crippen molar-refractivity contribution in [2.75, 3.05) is 36.9 Å². The Bertz CT molecular complexity index is 237. The van der Waals surface area contributed by atoms with E-state index in [0.717, 1.165) is 31.1 Å². The summed E-state index contributed by atoms with van der Waals surface area (Å²) in [6.07, 6.45) is 0. The van der Waals surface area contributed by atoms with Crippen LogP contribution in [0.4, 0.5) is 0 Å². The number of hydrogen-bond acceptors (Lipinski definition) is 4. The summed E-state index contributed by atoms with van der Waals surface area (Å²) in [5, 5.41) is 3.58. The van der Waals surface area contributed by atoms with Gasteiger partial charge in [0.15, 0.2) is 0 Å². The fourth-order valence-corrected chi connectivity index (χ4v) is 4.60. The van der Waals surface area contributed by atoms with Gasteiger partial charge in [0.05, 0.1) is 5.25 Å². The number of piperazine rings is 1. The number of halogens is 1. The third kappa shape index (κ3) is 3.72. The summed E-state index contributed by atoms with van der Waals surface area (Å²) in [5.74, 6) is 3.69. The molecule has 2 aliphatic rings. The Morgan fingerprint density at radius 2 is 2.25 bits per heavy atom. The van der Waals surface area contributed by atoms with Crippen LogP contribution in [-0.4, -0.2) is 59.0 Å². The highest BCUT2D eigenvalue weighted by Crippen LogP contribution is 2.25. The Kier molecular flexibility index (Phi) is 6.32. The summed E-state index contributed by atoms with van der Waals surface area (Å²) < 4.78 is 0. The van der Waals surface area contributed by atoms with E-state index in [-0.39, 0.29) is 17.7 Å². The van der Waals surface area contributed by atoms with Crippen LogP contribution in [0.15, 0.2) is 0 Å². The molecular formula is C10H19ClN2OS2. The molecule has 2 unspecified atom stereocenters. The molecule has 3 nitrogen and oxygen atoms in total. The lowest BCUT2D eigenvalue weighted by Gasteiger charge is -2.34. The van der Waals surface area contributed by atoms with Crippen molar-refractivity contribution in [1.82, 2.24) is 10.2 Å². The van der Waals surface area contributed by atoms with Crippen LogP contribution in [0.5, 0.6) is 0 Å². The number of nitrogens with one attached hydrogen (secondary N) is 1. The normalized spacial score (nSPS) is 30.7. The Balaban J connectivity index is 0.00000128. The average molecular weight is 283 g/mol. The smallest absolute Gasteiger partial charge is 0.236 e. The molecule has 0 spiro atoms. The zero-order valence-electron chi connectivity index (χ0n) is 9.48. The number of rotatable bonds is 1. The SMILES string of the molecule is CC1CN(C(=O)C2CSCCS2)CCN1.Cl. The van der Waals surface area contributed by atoms with Crippen molar-refractivity contribution in [3.05, 3.63) is 0 Å². The van der Waals surface area contributed by atoms with Gasteiger partial charge in [-0.2, -0.15) is 11.8 Å². The fraction of sp³-hybridized carbons (Fsp3) is 0.900. The quantitative estimate of drug-likeness (QED) is 0.780. The van der Waals surface area contributed by atoms with E-state index in [9.17, 15) is 4.79 Å². The number of carbonyl (C=O) groups is 1. The number of hydrogen-bond donors (Lipinski definition) is 1. The highest BCUT2D eigenvalue weighted by molar-refractivity contribution is 8.07. The van der Waals surface area contributed by atoms with Gasteiger partial charge in [-0.1, -0.05) is 0 Å². The molecule has 2 fully saturated rings. The molecule has 2 atom stereocenters. The van der Waals surface area contributed by atoms with Gasteiger partial charge in [0.1, 0.15) is 0 Å². The van der Waals surface area contributed by atoms with Crippen molar-refractivity contribution < 1.29 is 4.79 Å². The van der Waals surface area contributed by atoms with Crippen molar-refractivity contribution in [1.29, 1.82) is 0 Å². The Morgan fingerprint density at radius 1 is 1.44 bits per heavy atom. The predicted molar refractivity (Wildman–Crippen MR) is 74.9 cm³/mol. The third-order valence-corrected chi connectivity index (χ3v) is 5.51. The predicted octanol–water partition coefficient (Wildman–Crippen LogP) is 1.08. The monoisotopic (exact) mass is 282 g/mol. The first-order valence-electron chi connectivity index (χ1n) is 5.49. The molecule has 0 bridgehead atoms. The molecule has 6 heteroatoms. The van der Waals surface area contributed by atoms with Crippen LogP contribution in [0, 0.1) is 0 Å². The van der Waals surface area contributed by atoms with Crippen LogP contribution >= 0.6 is 35.9 Å². The minimum atomic E-state index is 0. The van der Waals surface area contributed by atoms with E-state index in [1.165, 1.54) is 5.75 Å². The van der Waals surface area contributed by atoms with E-state index in [0.29, 0.717) is 11.9 Å². The Morgan fingerprint density at radius 3 is 2.88 bits per heavy atom. The first kappa shape index (κ1) is 14.5. The van der Waals surface area contributed by atoms with Crippen molar-refractivity contribution in [3.8, 4) is 0 Å². The molecule has 2 rings (SSSR count). The lowest BCUT2D eigenvalue weighted by molar-refractivity contribution is -0.131. The molecule has 0 aromatic carbocycles. The maximum atomic E-state index is 12.2. The van der Waals surface area contributed by atoms with Gasteiger partial charge in [0.2, 0.25) is 5.91 Å². The van der Waals surface area contributed by atoms with E-state index < -0.39 is 0 Å². The maximum absolute atomic E-state index is 12.2. The average Bonchev–Trinajstić information content (AvgIpc) is 2.29. The van der Waals surface area contributed by atoms with Gasteiger partial charge in [-0.05, 0) is 6.92 Å². The molecule has 0 saturated carbocycles. The third-order valence-electron chi connectivity index (χ3n) is 2.77. The summed E-state index contributed by atoms with van der Waals surface area (Å²) in [6.45, 7) is 4.84. The number of thioether (sulfide) groups is 2. The van der Waals surface area contributed by atoms with Crippen molar-refractivity contribution >= 4 is 41.8 Å². The van der Waals surface area contributed by atoms with Gasteiger partial charge in [-0.25, -0.2) is 0 Å². The Labute approximate surface area is 112 Å². The lowest BCUT2D eigenvalue weighted by Crippen LogP contribution is -2.53. The molecule has 16 heavy (non-hydrogen) atoms. The maximum Gasteiger partial charge on any atom is 0.236 e. The molecular weight excluding hydrogens is 264 g/mol. The zero-order chi connectivity index (χ0) is 10.7. The number of amides is 1. The first-order valence-corrected chi connectivity index (χ1v) is 7.69. The summed E-state index contributed by atoms with van der Waals surface area (Å²) in [6, 6.07) is 0.448. The van der Waals surface area contributed by atoms with E-state index in [2.05, 4.69) is 12.2 Å². The molecule has 1 amide bonds. The topological polar surface area (TPSA) is 32.3 Å². The van der Waals surface area contributed by atoms with Crippen LogP contribution in [0.25, 0.3) is 0 Å². The van der Waals surface area contributed by atoms with E-state index >= 15 is 0 Å². The van der Waals surface area contributed by atoms with Gasteiger partial charge >= 0.3 is 0 Å². The van der Waals surface area contributed by atoms with Crippen LogP contribution in [0.3, 0.4) is 0 Å². The second-order valence-electron chi connectivity index (χ2n) is 4.07. The van der Waals surface area contributed by atoms with Crippen molar-refractivity contribution in [2.45, 2.75) is 18.2 Å². The van der Waals surface area contributed by atoms with E-state index in [1.807, 2.05) is 28.4 Å². The van der Waals surface area contributed by atoms with Crippen molar-refractivity contribution in [2.24, 2.45) is 0 Å². The van der Waals surface area contributed by atoms with Gasteiger partial charge in [0, 0.05) is 42.9 Å². The van der Waals surface area contributed by atoms with Gasteiger partial charge in [0.25, 0.3) is 0 Å². The highest BCUT2D eigenvalue weighted by atomic mass is 35.5. The van der Waals surface area contributed by atoms with Crippen LogP contribution in [0.1, 0.15) is 6.92 Å². The standard InChI is InChI=1S/C10H18N2OS2.ClH/c1-8-6-12(3-2-11-8)10(13)9-7-14-4-5-15-9;/h8-9,11H,2-7H2,1H3;1H. The molecule has 2 heterocycles. The molecule has 1 N–H and O–H groups in total. The van der Waals surface area contributed by atoms with Crippen molar-refractivity contribution in [3.63, 3.8) is 0 Å². The summed E-state index contributed by atoms with van der Waals surface area (Å²) in [7, 11) is 0. The summed E-state index contributed by atoms with van der Waals surface area (Å²) in [5.41, 5.74) is 0. The van der Waals surface area contributed by atoms with Gasteiger partial charge < -0.3 is 10.2 Å². The van der Waals surface area contributed by atoms with E-state index in [1.54, 1.807) is 0 Å². The molecule has 0 radical (unpaired) electrons. The highest BCUT2D eigenvalue weighted by Gasteiger charge is 2.28. The number of nitrogens with zero attached hydrogens (tertiary/aromatic N) is 1. The summed E-state index contributed by atoms with van der Waals surface area (Å²) in [4.78, 5) is 14.2. The van der Waals surface area contributed by atoms with Crippen LogP contribution < -0.4 is 5.32 Å². The minimum absolute atomic E-state index is 0. The van der Waals surface area contributed by atoms with Gasteiger partial charge in [-0.15, -0.1) is 24.2 Å². The zero-order valence-corrected chi connectivity index (χ0v) is 11.9. The largest absolute Gasteiger partial charge is 0.339 e. The van der Waals surface area contributed by atoms with Gasteiger partial charge in [-0.3, -0.25) is 4.79 Å². The molecule has 2 aliphatic heterocycles. The molecule has 2 saturated heterocycles. The van der Waals surface area contributed by atoms with Crippen LogP contribution in [0.2, 0.25) is 0 Å². The molecule has 0 aliphatic carbocycles. The molecule has 0 aromatic heterocycles. The summed E-state index contributed by atoms with van der Waals surface area (Å²) >= 11 is 3.75. The number of carbonyl (C=O) groups excluding carboxylic acids is 1. The van der Waals surface area contributed by atoms with Crippen LogP contribution in [-0.2, 0) is 4.79 Å². The van der Waals surface area contributed by atoms with E-state index in [4.69, 9.17) is 0 Å². The second kappa shape index (κ2) is 6.99. The lowest BCUT2D eigenvalue weighted by atomic mass is 10.2. The molecule has 0 aromatic rings. The molecule has 94 valence electrons.